The Hall–Kier alpha value is -2.90. The number of aromatic nitrogens is 3. The first-order chi connectivity index (χ1) is 9.28. The van der Waals surface area contributed by atoms with Crippen molar-refractivity contribution >= 4 is 22.6 Å². The molecule has 0 bridgehead atoms. The molecule has 0 unspecified atom stereocenters. The Morgan fingerprint density at radius 3 is 3.05 bits per heavy atom. The van der Waals surface area contributed by atoms with Crippen LogP contribution in [-0.4, -0.2) is 26.3 Å². The third-order valence-corrected chi connectivity index (χ3v) is 2.48. The van der Waals surface area contributed by atoms with Gasteiger partial charge in [0.25, 0.3) is 0 Å². The monoisotopic (exact) mass is 259 g/mol. The molecule has 0 saturated carbocycles. The second-order valence-corrected chi connectivity index (χ2v) is 3.75. The molecule has 2 aromatic heterocycles. The molecule has 0 amide bonds. The van der Waals surface area contributed by atoms with Crippen molar-refractivity contribution in [2.75, 3.05) is 5.32 Å². The number of nitrogens with zero attached hydrogens (tertiary/aromatic N) is 4. The van der Waals surface area contributed by atoms with Crippen molar-refractivity contribution in [3.63, 3.8) is 0 Å². The van der Waals surface area contributed by atoms with E-state index >= 15 is 0 Å². The summed E-state index contributed by atoms with van der Waals surface area (Å²) in [4.78, 5) is 4.26. The third-order valence-electron chi connectivity index (χ3n) is 2.48. The molecule has 1 aromatic carbocycles. The van der Waals surface area contributed by atoms with E-state index < -0.39 is 0 Å². The minimum atomic E-state index is 0.106. The zero-order chi connectivity index (χ0) is 13.2. The largest absolute Gasteiger partial charge is 0.441 e. The lowest BCUT2D eigenvalue weighted by atomic mass is 10.2. The molecule has 3 aromatic rings. The summed E-state index contributed by atoms with van der Waals surface area (Å²) in [5.41, 5.74) is 2.18. The number of aryl methyl sites for hydroxylation is 1. The fourth-order valence-electron chi connectivity index (χ4n) is 1.70. The summed E-state index contributed by atoms with van der Waals surface area (Å²) < 4.78 is 9.88. The molecular formula is C11H9N5O3. The first-order valence-corrected chi connectivity index (χ1v) is 5.41. The number of benzene rings is 1. The van der Waals surface area contributed by atoms with E-state index in [1.807, 2.05) is 0 Å². The van der Waals surface area contributed by atoms with Crippen molar-refractivity contribution in [1.29, 1.82) is 0 Å². The highest BCUT2D eigenvalue weighted by molar-refractivity contribution is 6.09. The maximum atomic E-state index is 9.01. The Bertz CT molecular complexity index is 732. The summed E-state index contributed by atoms with van der Waals surface area (Å²) in [7, 11) is 0. The van der Waals surface area contributed by atoms with E-state index in [4.69, 9.17) is 9.62 Å². The van der Waals surface area contributed by atoms with Crippen LogP contribution in [0.4, 0.5) is 5.69 Å². The number of amidine groups is 1. The van der Waals surface area contributed by atoms with Gasteiger partial charge in [0.05, 0.1) is 5.69 Å². The lowest BCUT2D eigenvalue weighted by Crippen LogP contribution is -2.14. The standard InChI is InChI=1S/C11H9N5O3/c1-6-13-10-7(3-2-4-9(10)18-6)14-11(15-17)8-5-12-19-16-8/h2-5,17H,1H3,(H,14,15). The van der Waals surface area contributed by atoms with Crippen LogP contribution in [-0.2, 0) is 0 Å². The summed E-state index contributed by atoms with van der Waals surface area (Å²) in [6.45, 7) is 1.76. The normalized spacial score (nSPS) is 11.9. The van der Waals surface area contributed by atoms with Gasteiger partial charge in [0.2, 0.25) is 5.84 Å². The van der Waals surface area contributed by atoms with Gasteiger partial charge in [-0.25, -0.2) is 9.61 Å². The van der Waals surface area contributed by atoms with Gasteiger partial charge in [-0.15, -0.1) is 0 Å². The maximum absolute atomic E-state index is 9.01. The third kappa shape index (κ3) is 1.99. The van der Waals surface area contributed by atoms with Crippen molar-refractivity contribution in [2.45, 2.75) is 6.92 Å². The molecule has 0 aliphatic rings. The second-order valence-electron chi connectivity index (χ2n) is 3.75. The smallest absolute Gasteiger partial charge is 0.201 e. The predicted molar refractivity (Wildman–Crippen MR) is 65.0 cm³/mol. The molecule has 0 saturated heterocycles. The molecule has 0 radical (unpaired) electrons. The molecule has 19 heavy (non-hydrogen) atoms. The van der Waals surface area contributed by atoms with Gasteiger partial charge in [-0.3, -0.25) is 0 Å². The SMILES string of the molecule is Cc1nc2c(NC(=NO)c3cnon3)cccc2o1. The van der Waals surface area contributed by atoms with Crippen LogP contribution >= 0.6 is 0 Å². The molecule has 3 rings (SSSR count). The predicted octanol–water partition coefficient (Wildman–Crippen LogP) is 1.77. The van der Waals surface area contributed by atoms with E-state index in [0.29, 0.717) is 22.7 Å². The number of anilines is 1. The van der Waals surface area contributed by atoms with Crippen LogP contribution in [0.3, 0.4) is 0 Å². The molecule has 0 aliphatic heterocycles. The van der Waals surface area contributed by atoms with Crippen molar-refractivity contribution in [3.05, 3.63) is 36.0 Å². The van der Waals surface area contributed by atoms with Gasteiger partial charge < -0.3 is 14.9 Å². The van der Waals surface area contributed by atoms with Gasteiger partial charge in [0.15, 0.2) is 17.2 Å². The van der Waals surface area contributed by atoms with Gasteiger partial charge in [-0.1, -0.05) is 16.4 Å². The number of oxazole rings is 1. The van der Waals surface area contributed by atoms with Crippen LogP contribution in [0.1, 0.15) is 11.6 Å². The quantitative estimate of drug-likeness (QED) is 0.312. The summed E-state index contributed by atoms with van der Waals surface area (Å²) >= 11 is 0. The molecule has 0 aliphatic carbocycles. The van der Waals surface area contributed by atoms with Crippen LogP contribution < -0.4 is 5.32 Å². The lowest BCUT2D eigenvalue weighted by Gasteiger charge is -2.04. The number of oxime groups is 1. The van der Waals surface area contributed by atoms with E-state index in [2.05, 4.69) is 30.4 Å². The number of hydrogen-bond acceptors (Lipinski definition) is 7. The zero-order valence-electron chi connectivity index (χ0n) is 9.86. The van der Waals surface area contributed by atoms with Crippen LogP contribution in [0, 0.1) is 6.92 Å². The number of rotatable bonds is 2. The second kappa shape index (κ2) is 4.41. The molecule has 96 valence electrons. The van der Waals surface area contributed by atoms with Gasteiger partial charge in [-0.05, 0) is 17.3 Å². The van der Waals surface area contributed by atoms with Crippen LogP contribution in [0.5, 0.6) is 0 Å². The van der Waals surface area contributed by atoms with Gasteiger partial charge in [0.1, 0.15) is 11.7 Å². The van der Waals surface area contributed by atoms with Gasteiger partial charge in [-0.2, -0.15) is 0 Å². The molecule has 8 heteroatoms. The van der Waals surface area contributed by atoms with Gasteiger partial charge >= 0.3 is 0 Å². The topological polar surface area (TPSA) is 110 Å². The Kier molecular flexibility index (Phi) is 2.60. The van der Waals surface area contributed by atoms with E-state index in [1.54, 1.807) is 25.1 Å². The highest BCUT2D eigenvalue weighted by Gasteiger charge is 2.13. The Morgan fingerprint density at radius 2 is 2.32 bits per heavy atom. The summed E-state index contributed by atoms with van der Waals surface area (Å²) in [5.74, 6) is 0.657. The number of hydrogen-bond donors (Lipinski definition) is 2. The maximum Gasteiger partial charge on any atom is 0.201 e. The van der Waals surface area contributed by atoms with Gasteiger partial charge in [0, 0.05) is 6.92 Å². The summed E-state index contributed by atoms with van der Waals surface area (Å²) in [6, 6.07) is 5.38. The molecule has 0 spiro atoms. The van der Waals surface area contributed by atoms with E-state index in [9.17, 15) is 0 Å². The number of fused-ring (bicyclic) bond motifs is 1. The first kappa shape index (κ1) is 11.2. The molecule has 0 atom stereocenters. The summed E-state index contributed by atoms with van der Waals surface area (Å²) in [5, 5.41) is 22.1. The van der Waals surface area contributed by atoms with Crippen LogP contribution in [0.2, 0.25) is 0 Å². The summed E-state index contributed by atoms with van der Waals surface area (Å²) in [6.07, 6.45) is 1.33. The molecule has 8 nitrogen and oxygen atoms in total. The average Bonchev–Trinajstić information content (AvgIpc) is 3.03. The highest BCUT2D eigenvalue weighted by Crippen LogP contribution is 2.23. The average molecular weight is 259 g/mol. The Balaban J connectivity index is 2.01. The number of nitrogens with one attached hydrogen (secondary N) is 1. The minimum absolute atomic E-state index is 0.106. The van der Waals surface area contributed by atoms with Crippen molar-refractivity contribution in [3.8, 4) is 0 Å². The molecule has 0 fully saturated rings. The van der Waals surface area contributed by atoms with Crippen molar-refractivity contribution < 1.29 is 14.3 Å². The molecule has 2 N–H and O–H groups in total. The van der Waals surface area contributed by atoms with Crippen LogP contribution in [0.15, 0.2) is 38.6 Å². The lowest BCUT2D eigenvalue weighted by molar-refractivity contribution is 0.303. The van der Waals surface area contributed by atoms with E-state index in [0.717, 1.165) is 0 Å². The fourth-order valence-corrected chi connectivity index (χ4v) is 1.70. The highest BCUT2D eigenvalue weighted by atomic mass is 16.6. The first-order valence-electron chi connectivity index (χ1n) is 5.41. The minimum Gasteiger partial charge on any atom is -0.441 e. The van der Waals surface area contributed by atoms with Crippen molar-refractivity contribution in [1.82, 2.24) is 15.3 Å². The van der Waals surface area contributed by atoms with E-state index in [-0.39, 0.29) is 11.5 Å². The van der Waals surface area contributed by atoms with E-state index in [1.165, 1.54) is 6.20 Å². The number of para-hydroxylation sites is 1. The van der Waals surface area contributed by atoms with Crippen molar-refractivity contribution in [2.24, 2.45) is 5.16 Å². The molecular weight excluding hydrogens is 250 g/mol. The Labute approximate surface area is 106 Å². The Morgan fingerprint density at radius 1 is 1.42 bits per heavy atom. The fraction of sp³-hybridized carbons (Fsp3) is 0.0909. The zero-order valence-corrected chi connectivity index (χ0v) is 9.86. The molecule has 2 heterocycles. The van der Waals surface area contributed by atoms with Crippen LogP contribution in [0.25, 0.3) is 11.1 Å².